The fourth-order valence-corrected chi connectivity index (χ4v) is 4.15. The molecule has 2 aromatic rings. The van der Waals surface area contributed by atoms with E-state index in [2.05, 4.69) is 20.9 Å². The van der Waals surface area contributed by atoms with Crippen molar-refractivity contribution in [2.45, 2.75) is 26.2 Å². The van der Waals surface area contributed by atoms with Crippen molar-refractivity contribution in [1.29, 1.82) is 0 Å². The molecule has 0 aliphatic carbocycles. The predicted octanol–water partition coefficient (Wildman–Crippen LogP) is 2.74. The Morgan fingerprint density at radius 2 is 1.77 bits per heavy atom. The Morgan fingerprint density at radius 3 is 2.55 bits per heavy atom. The first-order valence-electron chi connectivity index (χ1n) is 11.1. The third kappa shape index (κ3) is 5.22. The van der Waals surface area contributed by atoms with Gasteiger partial charge in [-0.3, -0.25) is 19.4 Å². The standard InChI is InChI=1S/C24H30N4O3/c1-19-8-9-20-21(17-19)31-18-23(29)28(24(20)30)12-6-2-5-11-26-13-15-27(16-14-26)22-7-3-4-10-25-22/h3-4,7-10,17H,2,5-6,11-16,18H2,1H3. The maximum atomic E-state index is 12.8. The van der Waals surface area contributed by atoms with E-state index >= 15 is 0 Å². The minimum atomic E-state index is -0.260. The van der Waals surface area contributed by atoms with Gasteiger partial charge in [0.1, 0.15) is 11.6 Å². The normalized spacial score (nSPS) is 17.3. The highest BCUT2D eigenvalue weighted by molar-refractivity contribution is 6.07. The summed E-state index contributed by atoms with van der Waals surface area (Å²) in [5.74, 6) is 1.05. The average Bonchev–Trinajstić information content (AvgIpc) is 2.91. The molecule has 1 aromatic carbocycles. The molecular weight excluding hydrogens is 392 g/mol. The Balaban J connectivity index is 1.19. The fourth-order valence-electron chi connectivity index (χ4n) is 4.15. The number of benzene rings is 1. The number of carbonyl (C=O) groups is 2. The summed E-state index contributed by atoms with van der Waals surface area (Å²) in [6, 6.07) is 11.5. The average molecular weight is 423 g/mol. The van der Waals surface area contributed by atoms with Gasteiger partial charge in [-0.25, -0.2) is 4.98 Å². The molecule has 1 saturated heterocycles. The van der Waals surface area contributed by atoms with Gasteiger partial charge >= 0.3 is 0 Å². The van der Waals surface area contributed by atoms with E-state index in [4.69, 9.17) is 4.74 Å². The van der Waals surface area contributed by atoms with Crippen LogP contribution in [0.25, 0.3) is 0 Å². The summed E-state index contributed by atoms with van der Waals surface area (Å²) in [4.78, 5) is 35.8. The number of pyridine rings is 1. The topological polar surface area (TPSA) is 66.0 Å². The summed E-state index contributed by atoms with van der Waals surface area (Å²) in [6.45, 7) is 7.41. The van der Waals surface area contributed by atoms with Gasteiger partial charge in [0.15, 0.2) is 6.61 Å². The highest BCUT2D eigenvalue weighted by Crippen LogP contribution is 2.25. The van der Waals surface area contributed by atoms with Crippen molar-refractivity contribution in [3.8, 4) is 5.75 Å². The molecule has 2 aliphatic heterocycles. The van der Waals surface area contributed by atoms with Crippen LogP contribution >= 0.6 is 0 Å². The zero-order chi connectivity index (χ0) is 21.6. The molecule has 1 fully saturated rings. The van der Waals surface area contributed by atoms with E-state index in [0.717, 1.165) is 63.4 Å². The highest BCUT2D eigenvalue weighted by Gasteiger charge is 2.29. The maximum absolute atomic E-state index is 12.8. The van der Waals surface area contributed by atoms with Crippen molar-refractivity contribution in [3.05, 3.63) is 53.7 Å². The molecule has 7 heteroatoms. The number of ether oxygens (including phenoxy) is 1. The Morgan fingerprint density at radius 1 is 0.968 bits per heavy atom. The van der Waals surface area contributed by atoms with Crippen LogP contribution in [0.1, 0.15) is 35.2 Å². The predicted molar refractivity (Wildman–Crippen MR) is 119 cm³/mol. The number of hydrogen-bond donors (Lipinski definition) is 0. The van der Waals surface area contributed by atoms with Crippen molar-refractivity contribution in [2.75, 3.05) is 50.8 Å². The van der Waals surface area contributed by atoms with Gasteiger partial charge in [-0.15, -0.1) is 0 Å². The molecule has 0 saturated carbocycles. The zero-order valence-electron chi connectivity index (χ0n) is 18.1. The Labute approximate surface area is 183 Å². The third-order valence-electron chi connectivity index (χ3n) is 5.97. The smallest absolute Gasteiger partial charge is 0.267 e. The van der Waals surface area contributed by atoms with Crippen LogP contribution in [0.3, 0.4) is 0 Å². The minimum Gasteiger partial charge on any atom is -0.483 e. The van der Waals surface area contributed by atoms with Crippen LogP contribution in [0, 0.1) is 6.92 Å². The van der Waals surface area contributed by atoms with Gasteiger partial charge in [-0.2, -0.15) is 0 Å². The second-order valence-corrected chi connectivity index (χ2v) is 8.22. The van der Waals surface area contributed by atoms with Gasteiger partial charge in [0.2, 0.25) is 0 Å². The second kappa shape index (κ2) is 9.92. The Kier molecular flexibility index (Phi) is 6.82. The van der Waals surface area contributed by atoms with Crippen LogP contribution in [0.15, 0.2) is 42.6 Å². The van der Waals surface area contributed by atoms with Crippen LogP contribution in [-0.4, -0.2) is 72.5 Å². The molecule has 0 radical (unpaired) electrons. The summed E-state index contributed by atoms with van der Waals surface area (Å²) in [5, 5.41) is 0. The van der Waals surface area contributed by atoms with Crippen LogP contribution in [-0.2, 0) is 4.79 Å². The van der Waals surface area contributed by atoms with Gasteiger partial charge in [0.05, 0.1) is 5.56 Å². The maximum Gasteiger partial charge on any atom is 0.267 e. The second-order valence-electron chi connectivity index (χ2n) is 8.22. The summed E-state index contributed by atoms with van der Waals surface area (Å²) >= 11 is 0. The van der Waals surface area contributed by atoms with E-state index in [1.54, 1.807) is 6.07 Å². The Bertz CT molecular complexity index is 910. The number of nitrogens with zero attached hydrogens (tertiary/aromatic N) is 4. The lowest BCUT2D eigenvalue weighted by atomic mass is 10.1. The minimum absolute atomic E-state index is 0.0806. The molecule has 2 aliphatic rings. The largest absolute Gasteiger partial charge is 0.483 e. The number of piperazine rings is 1. The number of unbranched alkanes of at least 4 members (excludes halogenated alkanes) is 2. The quantitative estimate of drug-likeness (QED) is 0.505. The fraction of sp³-hybridized carbons (Fsp3) is 0.458. The van der Waals surface area contributed by atoms with E-state index in [-0.39, 0.29) is 18.4 Å². The summed E-state index contributed by atoms with van der Waals surface area (Å²) in [6.07, 6.45) is 4.70. The summed E-state index contributed by atoms with van der Waals surface area (Å²) < 4.78 is 5.56. The zero-order valence-corrected chi connectivity index (χ0v) is 18.1. The first-order chi connectivity index (χ1) is 15.1. The molecule has 3 heterocycles. The molecule has 0 atom stereocenters. The lowest BCUT2D eigenvalue weighted by Gasteiger charge is -2.35. The molecule has 2 amide bonds. The van der Waals surface area contributed by atoms with Gasteiger partial charge in [0, 0.05) is 38.9 Å². The Hall–Kier alpha value is -2.93. The number of rotatable bonds is 7. The van der Waals surface area contributed by atoms with Crippen LogP contribution in [0.5, 0.6) is 5.75 Å². The van der Waals surface area contributed by atoms with Crippen molar-refractivity contribution >= 4 is 17.6 Å². The first-order valence-corrected chi connectivity index (χ1v) is 11.1. The van der Waals surface area contributed by atoms with E-state index in [1.807, 2.05) is 37.4 Å². The van der Waals surface area contributed by atoms with E-state index in [0.29, 0.717) is 17.9 Å². The molecular formula is C24H30N4O3. The number of imide groups is 1. The monoisotopic (exact) mass is 422 g/mol. The molecule has 7 nitrogen and oxygen atoms in total. The summed E-state index contributed by atoms with van der Waals surface area (Å²) in [5.41, 5.74) is 1.48. The number of carbonyl (C=O) groups excluding carboxylic acids is 2. The molecule has 164 valence electrons. The number of anilines is 1. The van der Waals surface area contributed by atoms with Crippen LogP contribution in [0.4, 0.5) is 5.82 Å². The van der Waals surface area contributed by atoms with Crippen LogP contribution < -0.4 is 9.64 Å². The summed E-state index contributed by atoms with van der Waals surface area (Å²) in [7, 11) is 0. The lowest BCUT2D eigenvalue weighted by molar-refractivity contribution is -0.130. The van der Waals surface area contributed by atoms with Crippen LogP contribution in [0.2, 0.25) is 0 Å². The number of aromatic nitrogens is 1. The first kappa shape index (κ1) is 21.3. The molecule has 0 spiro atoms. The molecule has 0 unspecified atom stereocenters. The number of hydrogen-bond acceptors (Lipinski definition) is 6. The highest BCUT2D eigenvalue weighted by atomic mass is 16.5. The van der Waals surface area contributed by atoms with Gasteiger partial charge < -0.3 is 9.64 Å². The number of amides is 2. The molecule has 31 heavy (non-hydrogen) atoms. The lowest BCUT2D eigenvalue weighted by Crippen LogP contribution is -2.46. The van der Waals surface area contributed by atoms with Crippen molar-refractivity contribution in [1.82, 2.24) is 14.8 Å². The molecule has 0 N–H and O–H groups in total. The van der Waals surface area contributed by atoms with E-state index in [1.165, 1.54) is 4.90 Å². The number of aryl methyl sites for hydroxylation is 1. The molecule has 0 bridgehead atoms. The van der Waals surface area contributed by atoms with Gasteiger partial charge in [0.25, 0.3) is 11.8 Å². The number of fused-ring (bicyclic) bond motifs is 1. The molecule has 1 aromatic heterocycles. The van der Waals surface area contributed by atoms with Gasteiger partial charge in [-0.1, -0.05) is 18.6 Å². The van der Waals surface area contributed by atoms with Gasteiger partial charge in [-0.05, 0) is 56.1 Å². The van der Waals surface area contributed by atoms with Crippen molar-refractivity contribution in [2.24, 2.45) is 0 Å². The SMILES string of the molecule is Cc1ccc2c(c1)OCC(=O)N(CCCCCN1CCN(c3ccccn3)CC1)C2=O. The molecule has 4 rings (SSSR count). The van der Waals surface area contributed by atoms with E-state index in [9.17, 15) is 9.59 Å². The van der Waals surface area contributed by atoms with E-state index < -0.39 is 0 Å². The third-order valence-corrected chi connectivity index (χ3v) is 5.97. The van der Waals surface area contributed by atoms with Crippen molar-refractivity contribution < 1.29 is 14.3 Å². The van der Waals surface area contributed by atoms with Crippen molar-refractivity contribution in [3.63, 3.8) is 0 Å².